The standard InChI is InChI=1S/C20H20N2O3/c1-14-12-15(2)22(21-14)18-8-4-16(5-9-18)13-25-19-10-6-17(7-11-19)20(23)24-3/h4-12H,13H2,1-3H3. The van der Waals surface area contributed by atoms with E-state index in [0.29, 0.717) is 17.9 Å². The van der Waals surface area contributed by atoms with Gasteiger partial charge in [-0.3, -0.25) is 0 Å². The zero-order valence-corrected chi connectivity index (χ0v) is 14.5. The van der Waals surface area contributed by atoms with Gasteiger partial charge in [0.2, 0.25) is 0 Å². The number of aromatic nitrogens is 2. The highest BCUT2D eigenvalue weighted by atomic mass is 16.5. The van der Waals surface area contributed by atoms with Crippen molar-refractivity contribution in [1.82, 2.24) is 9.78 Å². The van der Waals surface area contributed by atoms with Gasteiger partial charge in [0.1, 0.15) is 12.4 Å². The second kappa shape index (κ2) is 7.21. The molecule has 25 heavy (non-hydrogen) atoms. The van der Waals surface area contributed by atoms with Crippen LogP contribution in [0.25, 0.3) is 5.69 Å². The van der Waals surface area contributed by atoms with E-state index in [-0.39, 0.29) is 5.97 Å². The fourth-order valence-corrected chi connectivity index (χ4v) is 2.60. The first-order valence-corrected chi connectivity index (χ1v) is 8.00. The Bertz CT molecular complexity index is 865. The van der Waals surface area contributed by atoms with E-state index in [1.54, 1.807) is 24.3 Å². The average Bonchev–Trinajstić information content (AvgIpc) is 2.98. The van der Waals surface area contributed by atoms with E-state index in [9.17, 15) is 4.79 Å². The minimum atomic E-state index is -0.355. The van der Waals surface area contributed by atoms with Gasteiger partial charge in [-0.2, -0.15) is 5.10 Å². The van der Waals surface area contributed by atoms with Crippen LogP contribution < -0.4 is 4.74 Å². The number of ether oxygens (including phenoxy) is 2. The second-order valence-corrected chi connectivity index (χ2v) is 5.81. The number of aryl methyl sites for hydroxylation is 2. The lowest BCUT2D eigenvalue weighted by molar-refractivity contribution is 0.0600. The first-order valence-electron chi connectivity index (χ1n) is 8.00. The Morgan fingerprint density at radius 1 is 1.04 bits per heavy atom. The summed E-state index contributed by atoms with van der Waals surface area (Å²) in [5.41, 5.74) is 4.69. The van der Waals surface area contributed by atoms with E-state index in [0.717, 1.165) is 22.6 Å². The normalized spacial score (nSPS) is 10.5. The molecule has 0 spiro atoms. The van der Waals surface area contributed by atoms with Gasteiger partial charge in [0.05, 0.1) is 24.1 Å². The molecule has 5 nitrogen and oxygen atoms in total. The van der Waals surface area contributed by atoms with Crippen LogP contribution in [0.2, 0.25) is 0 Å². The molecule has 0 aliphatic carbocycles. The van der Waals surface area contributed by atoms with Crippen molar-refractivity contribution in [3.63, 3.8) is 0 Å². The van der Waals surface area contributed by atoms with Crippen molar-refractivity contribution in [2.24, 2.45) is 0 Å². The quantitative estimate of drug-likeness (QED) is 0.664. The highest BCUT2D eigenvalue weighted by molar-refractivity contribution is 5.89. The molecule has 0 unspecified atom stereocenters. The number of carbonyl (C=O) groups excluding carboxylic acids is 1. The third-order valence-corrected chi connectivity index (χ3v) is 3.87. The summed E-state index contributed by atoms with van der Waals surface area (Å²) in [6.45, 7) is 4.47. The van der Waals surface area contributed by atoms with Gasteiger partial charge in [0, 0.05) is 5.69 Å². The van der Waals surface area contributed by atoms with Crippen molar-refractivity contribution in [1.29, 1.82) is 0 Å². The van der Waals surface area contributed by atoms with E-state index in [4.69, 9.17) is 4.74 Å². The molecule has 128 valence electrons. The molecular weight excluding hydrogens is 316 g/mol. The molecule has 0 aliphatic rings. The summed E-state index contributed by atoms with van der Waals surface area (Å²) < 4.78 is 12.4. The van der Waals surface area contributed by atoms with E-state index >= 15 is 0 Å². The summed E-state index contributed by atoms with van der Waals surface area (Å²) in [6, 6.07) is 17.0. The molecule has 0 radical (unpaired) electrons. The van der Waals surface area contributed by atoms with Gasteiger partial charge in [-0.05, 0) is 61.9 Å². The van der Waals surface area contributed by atoms with Crippen molar-refractivity contribution in [2.75, 3.05) is 7.11 Å². The van der Waals surface area contributed by atoms with Crippen molar-refractivity contribution in [3.8, 4) is 11.4 Å². The largest absolute Gasteiger partial charge is 0.489 e. The molecule has 3 rings (SSSR count). The fraction of sp³-hybridized carbons (Fsp3) is 0.200. The molecule has 2 aromatic carbocycles. The molecule has 0 amide bonds. The van der Waals surface area contributed by atoms with Gasteiger partial charge in [-0.15, -0.1) is 0 Å². The van der Waals surface area contributed by atoms with Crippen LogP contribution in [-0.4, -0.2) is 22.9 Å². The summed E-state index contributed by atoms with van der Waals surface area (Å²) >= 11 is 0. The molecule has 0 saturated carbocycles. The van der Waals surface area contributed by atoms with Crippen LogP contribution in [0.3, 0.4) is 0 Å². The third-order valence-electron chi connectivity index (χ3n) is 3.87. The number of nitrogens with zero attached hydrogens (tertiary/aromatic N) is 2. The predicted octanol–water partition coefficient (Wildman–Crippen LogP) is 3.85. The van der Waals surface area contributed by atoms with Gasteiger partial charge in [-0.25, -0.2) is 9.48 Å². The van der Waals surface area contributed by atoms with Gasteiger partial charge < -0.3 is 9.47 Å². The Kier molecular flexibility index (Phi) is 4.84. The Morgan fingerprint density at radius 3 is 2.28 bits per heavy atom. The van der Waals surface area contributed by atoms with E-state index < -0.39 is 0 Å². The lowest BCUT2D eigenvalue weighted by Gasteiger charge is -2.09. The van der Waals surface area contributed by atoms with Gasteiger partial charge >= 0.3 is 5.97 Å². The van der Waals surface area contributed by atoms with Gasteiger partial charge in [-0.1, -0.05) is 12.1 Å². The average molecular weight is 336 g/mol. The summed E-state index contributed by atoms with van der Waals surface area (Å²) in [6.07, 6.45) is 0. The number of hydrogen-bond acceptors (Lipinski definition) is 4. The maximum Gasteiger partial charge on any atom is 0.337 e. The van der Waals surface area contributed by atoms with Crippen molar-refractivity contribution >= 4 is 5.97 Å². The van der Waals surface area contributed by atoms with Crippen molar-refractivity contribution < 1.29 is 14.3 Å². The van der Waals surface area contributed by atoms with Crippen LogP contribution in [0.15, 0.2) is 54.6 Å². The molecule has 0 N–H and O–H groups in total. The molecule has 0 aliphatic heterocycles. The molecule has 0 fully saturated rings. The Balaban J connectivity index is 1.64. The van der Waals surface area contributed by atoms with Crippen LogP contribution in [-0.2, 0) is 11.3 Å². The lowest BCUT2D eigenvalue weighted by atomic mass is 10.2. The topological polar surface area (TPSA) is 53.4 Å². The first-order chi connectivity index (χ1) is 12.1. The Hall–Kier alpha value is -3.08. The summed E-state index contributed by atoms with van der Waals surface area (Å²) in [7, 11) is 1.36. The number of rotatable bonds is 5. The molecule has 0 bridgehead atoms. The maximum atomic E-state index is 11.4. The highest BCUT2D eigenvalue weighted by Crippen LogP contribution is 2.17. The van der Waals surface area contributed by atoms with E-state index in [2.05, 4.69) is 15.9 Å². The SMILES string of the molecule is COC(=O)c1ccc(OCc2ccc(-n3nc(C)cc3C)cc2)cc1. The molecule has 5 heteroatoms. The van der Waals surface area contributed by atoms with Crippen LogP contribution in [0.4, 0.5) is 0 Å². The maximum absolute atomic E-state index is 11.4. The number of carbonyl (C=O) groups is 1. The monoisotopic (exact) mass is 336 g/mol. The van der Waals surface area contributed by atoms with Crippen molar-refractivity contribution in [2.45, 2.75) is 20.5 Å². The summed E-state index contributed by atoms with van der Waals surface area (Å²) in [5.74, 6) is 0.349. The van der Waals surface area contributed by atoms with Gasteiger partial charge in [0.15, 0.2) is 0 Å². The Morgan fingerprint density at radius 2 is 1.72 bits per heavy atom. The highest BCUT2D eigenvalue weighted by Gasteiger charge is 2.06. The zero-order chi connectivity index (χ0) is 17.8. The molecule has 0 atom stereocenters. The molecule has 0 saturated heterocycles. The smallest absolute Gasteiger partial charge is 0.337 e. The van der Waals surface area contributed by atoms with Crippen molar-refractivity contribution in [3.05, 3.63) is 77.1 Å². The Labute approximate surface area is 146 Å². The minimum absolute atomic E-state index is 0.355. The fourth-order valence-electron chi connectivity index (χ4n) is 2.60. The summed E-state index contributed by atoms with van der Waals surface area (Å²) in [5, 5.41) is 4.48. The minimum Gasteiger partial charge on any atom is -0.489 e. The zero-order valence-electron chi connectivity index (χ0n) is 14.5. The number of hydrogen-bond donors (Lipinski definition) is 0. The second-order valence-electron chi connectivity index (χ2n) is 5.81. The summed E-state index contributed by atoms with van der Waals surface area (Å²) in [4.78, 5) is 11.4. The first kappa shape index (κ1) is 16.8. The third kappa shape index (κ3) is 3.88. The van der Waals surface area contributed by atoms with Crippen LogP contribution >= 0.6 is 0 Å². The molecule has 1 heterocycles. The predicted molar refractivity (Wildman–Crippen MR) is 95.2 cm³/mol. The van der Waals surface area contributed by atoms with E-state index in [1.165, 1.54) is 7.11 Å². The number of benzene rings is 2. The van der Waals surface area contributed by atoms with Gasteiger partial charge in [0.25, 0.3) is 0 Å². The van der Waals surface area contributed by atoms with Crippen LogP contribution in [0, 0.1) is 13.8 Å². The number of methoxy groups -OCH3 is 1. The molecule has 3 aromatic rings. The molecule has 1 aromatic heterocycles. The number of esters is 1. The van der Waals surface area contributed by atoms with Crippen LogP contribution in [0.1, 0.15) is 27.3 Å². The lowest BCUT2D eigenvalue weighted by Crippen LogP contribution is -2.02. The van der Waals surface area contributed by atoms with E-state index in [1.807, 2.05) is 42.8 Å². The van der Waals surface area contributed by atoms with Crippen LogP contribution in [0.5, 0.6) is 5.75 Å². The molecular formula is C20H20N2O3.